The number of nitrogens with zero attached hydrogens (tertiary/aromatic N) is 3. The van der Waals surface area contributed by atoms with Crippen LogP contribution in [0.1, 0.15) is 26.3 Å². The molecule has 1 N–H and O–H groups in total. The Morgan fingerprint density at radius 2 is 1.73 bits per heavy atom. The highest BCUT2D eigenvalue weighted by atomic mass is 35.5. The van der Waals surface area contributed by atoms with E-state index in [2.05, 4.69) is 10.4 Å². The van der Waals surface area contributed by atoms with E-state index in [0.717, 1.165) is 16.7 Å². The standard InChI is InChI=1S/C26H23ClN4O2/c1-30(2)26(33)23-13-12-20(16-24(23)27)29-25(32)22-7-4-3-6-21(22)19-10-8-18(9-11-19)17-31-15-5-14-28-31/h3-16H,17H2,1-2H3,(H,29,32). The monoisotopic (exact) mass is 458 g/mol. The number of carbonyl (C=O) groups excluding carboxylic acids is 2. The van der Waals surface area contributed by atoms with Gasteiger partial charge in [0, 0.05) is 37.7 Å². The number of hydrogen-bond acceptors (Lipinski definition) is 3. The SMILES string of the molecule is CN(C)C(=O)c1ccc(NC(=O)c2ccccc2-c2ccc(Cn3cccn3)cc2)cc1Cl. The molecule has 0 unspecified atom stereocenters. The molecule has 7 heteroatoms. The lowest BCUT2D eigenvalue weighted by Crippen LogP contribution is -2.22. The van der Waals surface area contributed by atoms with Crippen molar-refractivity contribution in [1.29, 1.82) is 0 Å². The molecule has 33 heavy (non-hydrogen) atoms. The Kier molecular flexibility index (Phi) is 6.56. The Balaban J connectivity index is 1.54. The summed E-state index contributed by atoms with van der Waals surface area (Å²) in [7, 11) is 3.32. The molecule has 0 aliphatic rings. The van der Waals surface area contributed by atoms with E-state index in [-0.39, 0.29) is 16.8 Å². The maximum atomic E-state index is 13.1. The van der Waals surface area contributed by atoms with Crippen LogP contribution >= 0.6 is 11.6 Å². The first-order valence-electron chi connectivity index (χ1n) is 10.4. The first-order chi connectivity index (χ1) is 15.9. The summed E-state index contributed by atoms with van der Waals surface area (Å²) < 4.78 is 1.86. The van der Waals surface area contributed by atoms with Crippen molar-refractivity contribution in [3.8, 4) is 11.1 Å². The largest absolute Gasteiger partial charge is 0.345 e. The van der Waals surface area contributed by atoms with Crippen molar-refractivity contribution in [3.05, 3.63) is 107 Å². The average molecular weight is 459 g/mol. The number of hydrogen-bond donors (Lipinski definition) is 1. The van der Waals surface area contributed by atoms with Crippen LogP contribution in [0.15, 0.2) is 85.2 Å². The van der Waals surface area contributed by atoms with Gasteiger partial charge < -0.3 is 10.2 Å². The van der Waals surface area contributed by atoms with Crippen LogP contribution in [-0.2, 0) is 6.54 Å². The quantitative estimate of drug-likeness (QED) is 0.431. The number of nitrogens with one attached hydrogen (secondary N) is 1. The molecule has 0 saturated carbocycles. The number of amides is 2. The second-order valence-electron chi connectivity index (χ2n) is 7.79. The molecule has 0 fully saturated rings. The summed E-state index contributed by atoms with van der Waals surface area (Å²) in [6.45, 7) is 0.683. The van der Waals surface area contributed by atoms with Gasteiger partial charge in [0.2, 0.25) is 0 Å². The molecule has 6 nitrogen and oxygen atoms in total. The van der Waals surface area contributed by atoms with E-state index in [1.54, 1.807) is 44.6 Å². The molecule has 2 amide bonds. The highest BCUT2D eigenvalue weighted by molar-refractivity contribution is 6.34. The van der Waals surface area contributed by atoms with Crippen LogP contribution in [0.2, 0.25) is 5.02 Å². The van der Waals surface area contributed by atoms with E-state index in [1.807, 2.05) is 59.4 Å². The third-order valence-electron chi connectivity index (χ3n) is 5.20. The van der Waals surface area contributed by atoms with Crippen LogP contribution in [0.3, 0.4) is 0 Å². The number of rotatable bonds is 6. The normalized spacial score (nSPS) is 10.6. The molecular weight excluding hydrogens is 436 g/mol. The Hall–Kier alpha value is -3.90. The Morgan fingerprint density at radius 3 is 2.39 bits per heavy atom. The van der Waals surface area contributed by atoms with Gasteiger partial charge in [-0.05, 0) is 47.0 Å². The van der Waals surface area contributed by atoms with Crippen LogP contribution in [0.4, 0.5) is 5.69 Å². The van der Waals surface area contributed by atoms with Gasteiger partial charge in [0.05, 0.1) is 17.1 Å². The van der Waals surface area contributed by atoms with Crippen molar-refractivity contribution in [3.63, 3.8) is 0 Å². The minimum absolute atomic E-state index is 0.195. The number of anilines is 1. The summed E-state index contributed by atoms with van der Waals surface area (Å²) in [6.07, 6.45) is 3.67. The van der Waals surface area contributed by atoms with Crippen molar-refractivity contribution in [1.82, 2.24) is 14.7 Å². The van der Waals surface area contributed by atoms with Crippen LogP contribution in [0.25, 0.3) is 11.1 Å². The zero-order valence-electron chi connectivity index (χ0n) is 18.3. The first-order valence-corrected chi connectivity index (χ1v) is 10.8. The third kappa shape index (κ3) is 5.13. The van der Waals surface area contributed by atoms with Gasteiger partial charge in [-0.2, -0.15) is 5.10 Å². The predicted molar refractivity (Wildman–Crippen MR) is 131 cm³/mol. The van der Waals surface area contributed by atoms with E-state index >= 15 is 0 Å². The highest BCUT2D eigenvalue weighted by Gasteiger charge is 2.16. The number of halogens is 1. The molecule has 0 bridgehead atoms. The fourth-order valence-electron chi connectivity index (χ4n) is 3.51. The summed E-state index contributed by atoms with van der Waals surface area (Å²) in [6, 6.07) is 22.3. The average Bonchev–Trinajstić information content (AvgIpc) is 3.32. The Bertz CT molecular complexity index is 1280. The lowest BCUT2D eigenvalue weighted by atomic mass is 9.98. The molecule has 1 heterocycles. The van der Waals surface area contributed by atoms with E-state index in [4.69, 9.17) is 11.6 Å². The number of aromatic nitrogens is 2. The molecule has 4 rings (SSSR count). The predicted octanol–water partition coefficient (Wildman–Crippen LogP) is 5.21. The van der Waals surface area contributed by atoms with Crippen molar-refractivity contribution in [2.24, 2.45) is 0 Å². The molecule has 0 atom stereocenters. The second kappa shape index (κ2) is 9.71. The van der Waals surface area contributed by atoms with Crippen LogP contribution < -0.4 is 5.32 Å². The zero-order chi connectivity index (χ0) is 23.4. The van der Waals surface area contributed by atoms with E-state index in [9.17, 15) is 9.59 Å². The molecule has 4 aromatic rings. The molecule has 0 radical (unpaired) electrons. The molecule has 0 aliphatic carbocycles. The van der Waals surface area contributed by atoms with Gasteiger partial charge in [-0.1, -0.05) is 54.1 Å². The van der Waals surface area contributed by atoms with Crippen LogP contribution in [0.5, 0.6) is 0 Å². The fourth-order valence-corrected chi connectivity index (χ4v) is 3.77. The molecule has 0 aliphatic heterocycles. The van der Waals surface area contributed by atoms with E-state index in [0.29, 0.717) is 23.4 Å². The van der Waals surface area contributed by atoms with Crippen molar-refractivity contribution in [2.75, 3.05) is 19.4 Å². The summed E-state index contributed by atoms with van der Waals surface area (Å²) in [5.74, 6) is -0.451. The number of benzene rings is 3. The first kappa shape index (κ1) is 22.3. The van der Waals surface area contributed by atoms with Gasteiger partial charge in [-0.3, -0.25) is 14.3 Å². The smallest absolute Gasteiger partial charge is 0.256 e. The molecule has 0 spiro atoms. The van der Waals surface area contributed by atoms with E-state index in [1.165, 1.54) is 4.90 Å². The topological polar surface area (TPSA) is 67.2 Å². The molecule has 1 aromatic heterocycles. The van der Waals surface area contributed by atoms with Crippen LogP contribution in [0, 0.1) is 0 Å². The van der Waals surface area contributed by atoms with Gasteiger partial charge in [-0.25, -0.2) is 0 Å². The maximum absolute atomic E-state index is 13.1. The zero-order valence-corrected chi connectivity index (χ0v) is 19.1. The molecule has 166 valence electrons. The van der Waals surface area contributed by atoms with E-state index < -0.39 is 0 Å². The fraction of sp³-hybridized carbons (Fsp3) is 0.115. The number of carbonyl (C=O) groups is 2. The maximum Gasteiger partial charge on any atom is 0.256 e. The molecule has 0 saturated heterocycles. The van der Waals surface area contributed by atoms with Gasteiger partial charge >= 0.3 is 0 Å². The Morgan fingerprint density at radius 1 is 0.970 bits per heavy atom. The third-order valence-corrected chi connectivity index (χ3v) is 5.52. The summed E-state index contributed by atoms with van der Waals surface area (Å²) >= 11 is 6.29. The summed E-state index contributed by atoms with van der Waals surface area (Å²) in [5.41, 5.74) is 4.33. The summed E-state index contributed by atoms with van der Waals surface area (Å²) in [5, 5.41) is 7.40. The molecule has 3 aromatic carbocycles. The van der Waals surface area contributed by atoms with Gasteiger partial charge in [0.15, 0.2) is 0 Å². The van der Waals surface area contributed by atoms with Crippen LogP contribution in [-0.4, -0.2) is 40.6 Å². The second-order valence-corrected chi connectivity index (χ2v) is 8.20. The van der Waals surface area contributed by atoms with Gasteiger partial charge in [-0.15, -0.1) is 0 Å². The molecular formula is C26H23ClN4O2. The lowest BCUT2D eigenvalue weighted by Gasteiger charge is -2.14. The minimum atomic E-state index is -0.256. The Labute approximate surface area is 197 Å². The van der Waals surface area contributed by atoms with Crippen molar-refractivity contribution in [2.45, 2.75) is 6.54 Å². The minimum Gasteiger partial charge on any atom is -0.345 e. The van der Waals surface area contributed by atoms with Crippen molar-refractivity contribution < 1.29 is 9.59 Å². The van der Waals surface area contributed by atoms with Crippen molar-refractivity contribution >= 4 is 29.1 Å². The highest BCUT2D eigenvalue weighted by Crippen LogP contribution is 2.27. The lowest BCUT2D eigenvalue weighted by molar-refractivity contribution is 0.0827. The van der Waals surface area contributed by atoms with Gasteiger partial charge in [0.1, 0.15) is 0 Å². The summed E-state index contributed by atoms with van der Waals surface area (Å²) in [4.78, 5) is 26.7. The van der Waals surface area contributed by atoms with Gasteiger partial charge in [0.25, 0.3) is 11.8 Å².